The van der Waals surface area contributed by atoms with Crippen LogP contribution < -0.4 is 14.8 Å². The third kappa shape index (κ3) is 4.38. The van der Waals surface area contributed by atoms with Crippen molar-refractivity contribution in [3.05, 3.63) is 18.2 Å². The fourth-order valence-corrected chi connectivity index (χ4v) is 3.34. The van der Waals surface area contributed by atoms with Crippen LogP contribution >= 0.6 is 0 Å². The summed E-state index contributed by atoms with van der Waals surface area (Å²) in [5.41, 5.74) is 0.641. The van der Waals surface area contributed by atoms with Gasteiger partial charge in [-0.2, -0.15) is 0 Å². The summed E-state index contributed by atoms with van der Waals surface area (Å²) in [6, 6.07) is 5.22. The van der Waals surface area contributed by atoms with E-state index in [1.54, 1.807) is 26.4 Å². The average Bonchev–Trinajstić information content (AvgIpc) is 2.53. The number of carbonyl (C=O) groups excluding carboxylic acids is 1. The Kier molecular flexibility index (Phi) is 5.88. The Hall–Kier alpha value is -1.75. The molecule has 5 heteroatoms. The van der Waals surface area contributed by atoms with E-state index < -0.39 is 0 Å². The van der Waals surface area contributed by atoms with Crippen molar-refractivity contribution in [1.29, 1.82) is 0 Å². The van der Waals surface area contributed by atoms with E-state index in [1.807, 2.05) is 13.0 Å². The van der Waals surface area contributed by atoms with Crippen molar-refractivity contribution in [2.24, 2.45) is 11.8 Å². The summed E-state index contributed by atoms with van der Waals surface area (Å²) in [7, 11) is 3.20. The van der Waals surface area contributed by atoms with Crippen LogP contribution in [0.1, 0.15) is 27.2 Å². The molecule has 0 saturated carbocycles. The van der Waals surface area contributed by atoms with Crippen molar-refractivity contribution in [3.8, 4) is 11.5 Å². The monoisotopic (exact) mass is 320 g/mol. The molecule has 23 heavy (non-hydrogen) atoms. The minimum Gasteiger partial charge on any atom is -0.497 e. The second-order valence-electron chi connectivity index (χ2n) is 6.63. The third-order valence-corrected chi connectivity index (χ3v) is 4.49. The molecule has 1 amide bonds. The molecule has 1 fully saturated rings. The molecule has 2 rings (SSSR count). The largest absolute Gasteiger partial charge is 0.497 e. The van der Waals surface area contributed by atoms with Crippen molar-refractivity contribution >= 4 is 11.6 Å². The van der Waals surface area contributed by atoms with Gasteiger partial charge in [-0.15, -0.1) is 0 Å². The summed E-state index contributed by atoms with van der Waals surface area (Å²) in [4.78, 5) is 14.9. The molecule has 3 atom stereocenters. The first-order valence-electron chi connectivity index (χ1n) is 8.21. The summed E-state index contributed by atoms with van der Waals surface area (Å²) in [5, 5.41) is 2.98. The number of ether oxygens (including phenoxy) is 2. The molecule has 1 aromatic carbocycles. The van der Waals surface area contributed by atoms with E-state index in [9.17, 15) is 4.79 Å². The quantitative estimate of drug-likeness (QED) is 0.906. The van der Waals surface area contributed by atoms with E-state index in [1.165, 1.54) is 6.42 Å². The predicted molar refractivity (Wildman–Crippen MR) is 92.2 cm³/mol. The number of hydrogen-bond donors (Lipinski definition) is 1. The Morgan fingerprint density at radius 1 is 1.22 bits per heavy atom. The van der Waals surface area contributed by atoms with Crippen LogP contribution in [0.4, 0.5) is 5.69 Å². The maximum Gasteiger partial charge on any atom is 0.241 e. The second-order valence-corrected chi connectivity index (χ2v) is 6.63. The molecule has 0 bridgehead atoms. The molecular formula is C18H28N2O3. The number of amides is 1. The number of piperidine rings is 1. The van der Waals surface area contributed by atoms with E-state index in [0.29, 0.717) is 29.0 Å². The summed E-state index contributed by atoms with van der Waals surface area (Å²) in [6.07, 6.45) is 1.23. The number of benzene rings is 1. The van der Waals surface area contributed by atoms with Crippen molar-refractivity contribution in [2.45, 2.75) is 33.2 Å². The number of methoxy groups -OCH3 is 2. The minimum atomic E-state index is -0.170. The first-order chi connectivity index (χ1) is 10.9. The smallest absolute Gasteiger partial charge is 0.241 e. The summed E-state index contributed by atoms with van der Waals surface area (Å²) in [5.74, 6) is 2.55. The van der Waals surface area contributed by atoms with Crippen molar-refractivity contribution in [1.82, 2.24) is 4.90 Å². The highest BCUT2D eigenvalue weighted by Gasteiger charge is 2.29. The van der Waals surface area contributed by atoms with Gasteiger partial charge in [-0.05, 0) is 37.3 Å². The maximum absolute atomic E-state index is 12.6. The molecule has 128 valence electrons. The summed E-state index contributed by atoms with van der Waals surface area (Å²) >= 11 is 0. The van der Waals surface area contributed by atoms with Crippen LogP contribution in [-0.4, -0.2) is 44.2 Å². The van der Waals surface area contributed by atoms with Gasteiger partial charge in [0, 0.05) is 19.2 Å². The van der Waals surface area contributed by atoms with Gasteiger partial charge in [0.05, 0.1) is 25.9 Å². The van der Waals surface area contributed by atoms with Gasteiger partial charge in [-0.3, -0.25) is 9.69 Å². The zero-order valence-electron chi connectivity index (χ0n) is 14.8. The molecule has 1 N–H and O–H groups in total. The number of hydrogen-bond acceptors (Lipinski definition) is 4. The van der Waals surface area contributed by atoms with Crippen LogP contribution in [0.5, 0.6) is 11.5 Å². The molecule has 1 aromatic rings. The molecule has 0 radical (unpaired) electrons. The fourth-order valence-electron chi connectivity index (χ4n) is 3.34. The number of nitrogens with zero attached hydrogens (tertiary/aromatic N) is 1. The Balaban J connectivity index is 2.09. The number of likely N-dealkylation sites (tertiary alicyclic amines) is 1. The van der Waals surface area contributed by atoms with Crippen LogP contribution in [0.15, 0.2) is 18.2 Å². The van der Waals surface area contributed by atoms with E-state index in [2.05, 4.69) is 24.1 Å². The normalized spacial score (nSPS) is 23.2. The van der Waals surface area contributed by atoms with Crippen LogP contribution in [-0.2, 0) is 4.79 Å². The number of nitrogens with one attached hydrogen (secondary N) is 1. The SMILES string of the molecule is COc1ccc(OC)c(NC(=O)C(C)N2CC(C)CC(C)C2)c1. The third-order valence-electron chi connectivity index (χ3n) is 4.49. The number of rotatable bonds is 5. The van der Waals surface area contributed by atoms with Gasteiger partial charge in [0.2, 0.25) is 5.91 Å². The van der Waals surface area contributed by atoms with Gasteiger partial charge >= 0.3 is 0 Å². The predicted octanol–water partition coefficient (Wildman–Crippen LogP) is 3.01. The highest BCUT2D eigenvalue weighted by molar-refractivity contribution is 5.96. The highest BCUT2D eigenvalue weighted by atomic mass is 16.5. The lowest BCUT2D eigenvalue weighted by Crippen LogP contribution is -2.48. The lowest BCUT2D eigenvalue weighted by atomic mass is 9.91. The van der Waals surface area contributed by atoms with E-state index in [-0.39, 0.29) is 11.9 Å². The molecule has 0 aromatic heterocycles. The maximum atomic E-state index is 12.6. The second kappa shape index (κ2) is 7.68. The van der Waals surface area contributed by atoms with Crippen LogP contribution in [0.2, 0.25) is 0 Å². The first kappa shape index (κ1) is 17.6. The highest BCUT2D eigenvalue weighted by Crippen LogP contribution is 2.29. The van der Waals surface area contributed by atoms with Crippen molar-refractivity contribution < 1.29 is 14.3 Å². The lowest BCUT2D eigenvalue weighted by Gasteiger charge is -2.38. The molecule has 3 unspecified atom stereocenters. The molecule has 5 nitrogen and oxygen atoms in total. The zero-order chi connectivity index (χ0) is 17.0. The van der Waals surface area contributed by atoms with Gasteiger partial charge in [0.1, 0.15) is 11.5 Å². The average molecular weight is 320 g/mol. The molecule has 1 saturated heterocycles. The molecular weight excluding hydrogens is 292 g/mol. The van der Waals surface area contributed by atoms with E-state index in [4.69, 9.17) is 9.47 Å². The molecule has 0 spiro atoms. The van der Waals surface area contributed by atoms with Gasteiger partial charge in [0.25, 0.3) is 0 Å². The Morgan fingerprint density at radius 2 is 1.87 bits per heavy atom. The first-order valence-corrected chi connectivity index (χ1v) is 8.21. The van der Waals surface area contributed by atoms with E-state index in [0.717, 1.165) is 13.1 Å². The Morgan fingerprint density at radius 3 is 2.43 bits per heavy atom. The molecule has 1 aliphatic rings. The Bertz CT molecular complexity index is 537. The topological polar surface area (TPSA) is 50.8 Å². The number of anilines is 1. The van der Waals surface area contributed by atoms with Gasteiger partial charge in [-0.1, -0.05) is 13.8 Å². The lowest BCUT2D eigenvalue weighted by molar-refractivity contribution is -0.121. The number of carbonyl (C=O) groups is 1. The van der Waals surface area contributed by atoms with Crippen LogP contribution in [0.25, 0.3) is 0 Å². The standard InChI is InChI=1S/C18H28N2O3/c1-12-8-13(2)11-20(10-12)14(3)18(21)19-16-9-15(22-4)6-7-17(16)23-5/h6-7,9,12-14H,8,10-11H2,1-5H3,(H,19,21). The fraction of sp³-hybridized carbons (Fsp3) is 0.611. The van der Waals surface area contributed by atoms with Gasteiger partial charge in [-0.25, -0.2) is 0 Å². The molecule has 0 aliphatic carbocycles. The van der Waals surface area contributed by atoms with Crippen molar-refractivity contribution in [2.75, 3.05) is 32.6 Å². The minimum absolute atomic E-state index is 0.0159. The van der Waals surface area contributed by atoms with Crippen LogP contribution in [0, 0.1) is 11.8 Å². The van der Waals surface area contributed by atoms with Gasteiger partial charge < -0.3 is 14.8 Å². The Labute approximate surface area is 139 Å². The van der Waals surface area contributed by atoms with Crippen molar-refractivity contribution in [3.63, 3.8) is 0 Å². The molecule has 1 aliphatic heterocycles. The summed E-state index contributed by atoms with van der Waals surface area (Å²) < 4.78 is 10.5. The molecule has 1 heterocycles. The van der Waals surface area contributed by atoms with Gasteiger partial charge in [0.15, 0.2) is 0 Å². The summed E-state index contributed by atoms with van der Waals surface area (Å²) in [6.45, 7) is 8.39. The zero-order valence-corrected chi connectivity index (χ0v) is 14.8. The van der Waals surface area contributed by atoms with Crippen LogP contribution in [0.3, 0.4) is 0 Å². The van der Waals surface area contributed by atoms with E-state index >= 15 is 0 Å².